The predicted molar refractivity (Wildman–Crippen MR) is 127 cm³/mol. The van der Waals surface area contributed by atoms with Gasteiger partial charge in [-0.3, -0.25) is 14.3 Å². The molecule has 0 saturated carbocycles. The molecule has 0 fully saturated rings. The molecule has 0 spiro atoms. The van der Waals surface area contributed by atoms with Gasteiger partial charge in [-0.1, -0.05) is 60.7 Å². The van der Waals surface area contributed by atoms with E-state index >= 15 is 0 Å². The molecule has 0 aliphatic carbocycles. The fourth-order valence-electron chi connectivity index (χ4n) is 4.18. The Balaban J connectivity index is 1.61. The lowest BCUT2D eigenvalue weighted by Gasteiger charge is -2.43. The average molecular weight is 447 g/mol. The average Bonchev–Trinajstić information content (AvgIpc) is 3.27. The van der Waals surface area contributed by atoms with Crippen LogP contribution >= 0.6 is 0 Å². The summed E-state index contributed by atoms with van der Waals surface area (Å²) in [5.41, 5.74) is 2.10. The Morgan fingerprint density at radius 1 is 1.12 bits per heavy atom. The number of ether oxygens (including phenoxy) is 1. The zero-order valence-electron chi connectivity index (χ0n) is 19.2. The summed E-state index contributed by atoms with van der Waals surface area (Å²) < 4.78 is 7.14. The van der Waals surface area contributed by atoms with Gasteiger partial charge in [0.1, 0.15) is 11.2 Å². The summed E-state index contributed by atoms with van der Waals surface area (Å²) in [6, 6.07) is 21.3. The molecule has 1 aliphatic heterocycles. The minimum absolute atomic E-state index is 0.190. The van der Waals surface area contributed by atoms with Crippen molar-refractivity contribution in [1.82, 2.24) is 20.0 Å². The van der Waals surface area contributed by atoms with Gasteiger partial charge in [0.25, 0.3) is 5.91 Å². The second-order valence-corrected chi connectivity index (χ2v) is 8.39. The SMILES string of the molecule is CCOCCCN1C(=O)c2cc(-c3ccccc3)nn2C[C@]1(C)C(=O)NCc1ccccc1. The number of fused-ring (bicyclic) bond motifs is 1. The number of rotatable bonds is 9. The summed E-state index contributed by atoms with van der Waals surface area (Å²) in [4.78, 5) is 28.7. The molecule has 172 valence electrons. The number of benzene rings is 2. The molecule has 2 aromatic carbocycles. The van der Waals surface area contributed by atoms with E-state index in [2.05, 4.69) is 10.4 Å². The maximum Gasteiger partial charge on any atom is 0.273 e. The Labute approximate surface area is 194 Å². The van der Waals surface area contributed by atoms with Crippen LogP contribution in [0, 0.1) is 0 Å². The largest absolute Gasteiger partial charge is 0.382 e. The monoisotopic (exact) mass is 446 g/mol. The minimum Gasteiger partial charge on any atom is -0.382 e. The molecule has 33 heavy (non-hydrogen) atoms. The first-order chi connectivity index (χ1) is 16.0. The van der Waals surface area contributed by atoms with Crippen molar-refractivity contribution in [2.75, 3.05) is 19.8 Å². The molecule has 0 unspecified atom stereocenters. The second kappa shape index (κ2) is 10.0. The van der Waals surface area contributed by atoms with Crippen molar-refractivity contribution in [3.05, 3.63) is 78.0 Å². The van der Waals surface area contributed by atoms with Gasteiger partial charge in [-0.05, 0) is 31.9 Å². The van der Waals surface area contributed by atoms with Crippen molar-refractivity contribution in [2.45, 2.75) is 38.9 Å². The third kappa shape index (κ3) is 4.83. The van der Waals surface area contributed by atoms with Crippen LogP contribution in [0.4, 0.5) is 0 Å². The van der Waals surface area contributed by atoms with Crippen LogP contribution in [0.25, 0.3) is 11.3 Å². The highest BCUT2D eigenvalue weighted by molar-refractivity contribution is 6.00. The molecule has 0 saturated heterocycles. The lowest BCUT2D eigenvalue weighted by molar-refractivity contribution is -0.133. The molecule has 1 N–H and O–H groups in total. The molecule has 1 aliphatic rings. The Kier molecular flexibility index (Phi) is 6.89. The van der Waals surface area contributed by atoms with Crippen LogP contribution in [-0.2, 0) is 22.6 Å². The van der Waals surface area contributed by atoms with E-state index in [0.717, 1.165) is 16.8 Å². The molecule has 1 atom stereocenters. The van der Waals surface area contributed by atoms with Crippen LogP contribution in [-0.4, -0.2) is 51.8 Å². The number of hydrogen-bond acceptors (Lipinski definition) is 4. The van der Waals surface area contributed by atoms with Gasteiger partial charge in [0.05, 0.1) is 12.2 Å². The van der Waals surface area contributed by atoms with Crippen LogP contribution in [0.3, 0.4) is 0 Å². The van der Waals surface area contributed by atoms with Crippen molar-refractivity contribution < 1.29 is 14.3 Å². The van der Waals surface area contributed by atoms with E-state index in [9.17, 15) is 9.59 Å². The van der Waals surface area contributed by atoms with Gasteiger partial charge in [-0.25, -0.2) is 0 Å². The lowest BCUT2D eigenvalue weighted by atomic mass is 9.94. The molecule has 7 nitrogen and oxygen atoms in total. The number of nitrogens with one attached hydrogen (secondary N) is 1. The smallest absolute Gasteiger partial charge is 0.273 e. The number of carbonyl (C=O) groups is 2. The quantitative estimate of drug-likeness (QED) is 0.511. The molecular weight excluding hydrogens is 416 g/mol. The van der Waals surface area contributed by atoms with Crippen LogP contribution in [0.1, 0.15) is 36.3 Å². The Morgan fingerprint density at radius 2 is 1.82 bits per heavy atom. The summed E-state index contributed by atoms with van der Waals surface area (Å²) in [6.07, 6.45) is 0.654. The summed E-state index contributed by atoms with van der Waals surface area (Å²) in [6.45, 7) is 6.04. The van der Waals surface area contributed by atoms with Gasteiger partial charge in [-0.15, -0.1) is 0 Å². The molecule has 2 heterocycles. The maximum absolute atomic E-state index is 13.6. The third-order valence-electron chi connectivity index (χ3n) is 6.03. The van der Waals surface area contributed by atoms with E-state index in [0.29, 0.717) is 38.4 Å². The number of aromatic nitrogens is 2. The first-order valence-corrected chi connectivity index (χ1v) is 11.4. The van der Waals surface area contributed by atoms with Gasteiger partial charge in [0, 0.05) is 31.9 Å². The third-order valence-corrected chi connectivity index (χ3v) is 6.03. The first-order valence-electron chi connectivity index (χ1n) is 11.4. The Morgan fingerprint density at radius 3 is 2.52 bits per heavy atom. The normalized spacial score (nSPS) is 17.6. The molecule has 2 amide bonds. The van der Waals surface area contributed by atoms with Gasteiger partial charge in [0.2, 0.25) is 5.91 Å². The van der Waals surface area contributed by atoms with Crippen molar-refractivity contribution in [2.24, 2.45) is 0 Å². The zero-order chi connectivity index (χ0) is 23.3. The summed E-state index contributed by atoms with van der Waals surface area (Å²) in [5.74, 6) is -0.386. The maximum atomic E-state index is 13.6. The van der Waals surface area contributed by atoms with Crippen LogP contribution in [0.5, 0.6) is 0 Å². The summed E-state index contributed by atoms with van der Waals surface area (Å²) in [7, 11) is 0. The number of amides is 2. The first kappa shape index (κ1) is 22.7. The molecule has 7 heteroatoms. The molecular formula is C26H30N4O3. The number of hydrogen-bond donors (Lipinski definition) is 1. The topological polar surface area (TPSA) is 76.5 Å². The summed E-state index contributed by atoms with van der Waals surface area (Å²) in [5, 5.41) is 7.70. The van der Waals surface area contributed by atoms with Crippen molar-refractivity contribution in [1.29, 1.82) is 0 Å². The van der Waals surface area contributed by atoms with Crippen LogP contribution < -0.4 is 5.32 Å². The molecule has 0 radical (unpaired) electrons. The van der Waals surface area contributed by atoms with Crippen molar-refractivity contribution in [3.63, 3.8) is 0 Å². The fraction of sp³-hybridized carbons (Fsp3) is 0.346. The number of carbonyl (C=O) groups excluding carboxylic acids is 2. The molecule has 4 rings (SSSR count). The Bertz CT molecular complexity index is 1100. The van der Waals surface area contributed by atoms with E-state index in [1.54, 1.807) is 9.58 Å². The minimum atomic E-state index is -1.06. The van der Waals surface area contributed by atoms with E-state index < -0.39 is 5.54 Å². The molecule has 0 bridgehead atoms. The Hall–Kier alpha value is -3.45. The fourth-order valence-corrected chi connectivity index (χ4v) is 4.18. The van der Waals surface area contributed by atoms with Crippen molar-refractivity contribution in [3.8, 4) is 11.3 Å². The van der Waals surface area contributed by atoms with E-state index in [1.165, 1.54) is 0 Å². The van der Waals surface area contributed by atoms with Gasteiger partial charge in [-0.2, -0.15) is 5.10 Å². The van der Waals surface area contributed by atoms with Gasteiger partial charge in [0.15, 0.2) is 0 Å². The van der Waals surface area contributed by atoms with E-state index in [-0.39, 0.29) is 18.4 Å². The van der Waals surface area contributed by atoms with Gasteiger partial charge < -0.3 is 15.0 Å². The number of nitrogens with zero attached hydrogens (tertiary/aromatic N) is 3. The van der Waals surface area contributed by atoms with Crippen LogP contribution in [0.2, 0.25) is 0 Å². The highest BCUT2D eigenvalue weighted by atomic mass is 16.5. The molecule has 1 aromatic heterocycles. The lowest BCUT2D eigenvalue weighted by Crippen LogP contribution is -2.64. The van der Waals surface area contributed by atoms with E-state index in [4.69, 9.17) is 4.74 Å². The van der Waals surface area contributed by atoms with Crippen molar-refractivity contribution >= 4 is 11.8 Å². The van der Waals surface area contributed by atoms with Crippen LogP contribution in [0.15, 0.2) is 66.7 Å². The zero-order valence-corrected chi connectivity index (χ0v) is 19.2. The predicted octanol–water partition coefficient (Wildman–Crippen LogP) is 3.51. The molecule has 3 aromatic rings. The highest BCUT2D eigenvalue weighted by Gasteiger charge is 2.47. The standard InChI is InChI=1S/C26H30N4O3/c1-3-33-16-10-15-29-24(31)23-17-22(21-13-8-5-9-14-21)28-30(23)19-26(29,2)25(32)27-18-20-11-6-4-7-12-20/h4-9,11-14,17H,3,10,15-16,18-19H2,1-2H3,(H,27,32)/t26-/m1/s1. The highest BCUT2D eigenvalue weighted by Crippen LogP contribution is 2.30. The van der Waals surface area contributed by atoms with Gasteiger partial charge >= 0.3 is 0 Å². The summed E-state index contributed by atoms with van der Waals surface area (Å²) >= 11 is 0. The van der Waals surface area contributed by atoms with E-state index in [1.807, 2.05) is 80.6 Å². The second-order valence-electron chi connectivity index (χ2n) is 8.39.